The van der Waals surface area contributed by atoms with Gasteiger partial charge in [0.1, 0.15) is 31.3 Å². The van der Waals surface area contributed by atoms with Crippen LogP contribution >= 0.6 is 0 Å². The maximum Gasteiger partial charge on any atom is 0.414 e. The van der Waals surface area contributed by atoms with E-state index < -0.39 is 48.3 Å². The average Bonchev–Trinajstić information content (AvgIpc) is 3.44. The third-order valence-electron chi connectivity index (χ3n) is 6.65. The zero-order valence-electron chi connectivity index (χ0n) is 20.4. The van der Waals surface area contributed by atoms with Crippen LogP contribution in [0.3, 0.4) is 0 Å². The van der Waals surface area contributed by atoms with E-state index in [9.17, 15) is 19.8 Å². The molecular weight excluding hydrogens is 488 g/mol. The molecule has 14 nitrogen and oxygen atoms in total. The van der Waals surface area contributed by atoms with Gasteiger partial charge in [0.05, 0.1) is 24.4 Å². The van der Waals surface area contributed by atoms with Crippen LogP contribution in [-0.2, 0) is 24.6 Å². The number of aliphatic imine (C=N–C) groups is 2. The number of nitrogens with two attached hydrogens (primary N) is 1. The number of amidine groups is 1. The highest BCUT2D eigenvalue weighted by Crippen LogP contribution is 2.40. The molecule has 204 valence electrons. The second-order valence-corrected chi connectivity index (χ2v) is 9.22. The van der Waals surface area contributed by atoms with E-state index in [0.717, 1.165) is 32.1 Å². The molecule has 1 amide bonds. The van der Waals surface area contributed by atoms with E-state index in [-0.39, 0.29) is 36.8 Å². The molecule has 1 aromatic heterocycles. The molecule has 0 aromatic carbocycles. The Morgan fingerprint density at radius 3 is 2.68 bits per heavy atom. The van der Waals surface area contributed by atoms with E-state index in [1.54, 1.807) is 0 Å². The average molecular weight is 523 g/mol. The summed E-state index contributed by atoms with van der Waals surface area (Å²) in [6, 6.07) is 3.01. The number of rotatable bonds is 10. The quantitative estimate of drug-likeness (QED) is 0.0921. The van der Waals surface area contributed by atoms with E-state index in [4.69, 9.17) is 25.7 Å². The number of nitrogens with zero attached hydrogens (tertiary/aromatic N) is 2. The summed E-state index contributed by atoms with van der Waals surface area (Å²) in [4.78, 5) is 34.7. The fourth-order valence-electron chi connectivity index (χ4n) is 4.78. The first-order valence-corrected chi connectivity index (χ1v) is 11.9. The van der Waals surface area contributed by atoms with Crippen molar-refractivity contribution in [1.29, 1.82) is 5.41 Å². The molecule has 0 unspecified atom stereocenters. The zero-order chi connectivity index (χ0) is 27.1. The Kier molecular flexibility index (Phi) is 9.50. The first-order valence-electron chi connectivity index (χ1n) is 11.9. The van der Waals surface area contributed by atoms with Crippen LogP contribution in [0.2, 0.25) is 0 Å². The van der Waals surface area contributed by atoms with Crippen LogP contribution in [0.1, 0.15) is 49.9 Å². The summed E-state index contributed by atoms with van der Waals surface area (Å²) in [5, 5.41) is 39.9. The van der Waals surface area contributed by atoms with Gasteiger partial charge in [-0.3, -0.25) is 20.5 Å². The van der Waals surface area contributed by atoms with Crippen LogP contribution in [0.15, 0.2) is 22.1 Å². The molecule has 0 bridgehead atoms. The Labute approximate surface area is 213 Å². The van der Waals surface area contributed by atoms with Crippen LogP contribution < -0.4 is 11.1 Å². The van der Waals surface area contributed by atoms with Gasteiger partial charge in [0, 0.05) is 5.54 Å². The summed E-state index contributed by atoms with van der Waals surface area (Å²) in [5.41, 5.74) is 4.61. The summed E-state index contributed by atoms with van der Waals surface area (Å²) in [6.07, 6.45) is 0.237. The zero-order valence-corrected chi connectivity index (χ0v) is 20.4. The molecule has 1 aromatic rings. The summed E-state index contributed by atoms with van der Waals surface area (Å²) in [6.45, 7) is 2.13. The fourth-order valence-corrected chi connectivity index (χ4v) is 4.78. The highest BCUT2D eigenvalue weighted by Gasteiger charge is 2.56. The number of carbonyl (C=O) groups excluding carboxylic acids is 2. The maximum absolute atomic E-state index is 12.5. The molecule has 4 atom stereocenters. The van der Waals surface area contributed by atoms with Gasteiger partial charge in [0.25, 0.3) is 0 Å². The number of amides is 1. The highest BCUT2D eigenvalue weighted by atomic mass is 16.6. The smallest absolute Gasteiger partial charge is 0.414 e. The number of hydrogen-bond acceptors (Lipinski definition) is 11. The number of ether oxygens (including phenoxy) is 3. The molecule has 2 heterocycles. The van der Waals surface area contributed by atoms with Crippen molar-refractivity contribution < 1.29 is 39.1 Å². The predicted octanol–water partition coefficient (Wildman–Crippen LogP) is -0.344. The monoisotopic (exact) mass is 522 g/mol. The third kappa shape index (κ3) is 6.59. The molecule has 1 saturated carbocycles. The lowest BCUT2D eigenvalue weighted by molar-refractivity contribution is -0.154. The topological polar surface area (TPSA) is 225 Å². The second-order valence-electron chi connectivity index (χ2n) is 9.22. The van der Waals surface area contributed by atoms with Gasteiger partial charge >= 0.3 is 12.1 Å². The lowest BCUT2D eigenvalue weighted by Crippen LogP contribution is -2.44. The minimum atomic E-state index is -1.59. The van der Waals surface area contributed by atoms with Crippen molar-refractivity contribution in [3.05, 3.63) is 23.5 Å². The van der Waals surface area contributed by atoms with Gasteiger partial charge in [-0.15, -0.1) is 0 Å². The molecule has 2 aliphatic rings. The lowest BCUT2D eigenvalue weighted by atomic mass is 9.80. The lowest BCUT2D eigenvalue weighted by Gasteiger charge is -2.32. The Balaban J connectivity index is 1.74. The van der Waals surface area contributed by atoms with Crippen LogP contribution in [0, 0.1) is 5.41 Å². The SMILES string of the molecule is C=NC[C@@]1(c2ccc(C(=NC=N)NC(=O)OCO)[nH]2)O[C@H](COC(=O)CC2(N)CCCCC2)[C@@H](O)[C@H]1O. The van der Waals surface area contributed by atoms with Gasteiger partial charge in [-0.25, -0.2) is 9.79 Å². The number of nitrogens with one attached hydrogen (secondary N) is 3. The van der Waals surface area contributed by atoms with Crippen molar-refractivity contribution in [1.82, 2.24) is 10.3 Å². The largest absolute Gasteiger partial charge is 0.463 e. The standard InChI is InChI=1S/C23H34N6O8/c1-26-11-23(16-6-5-14(28-16)20(27-12-24)29-21(34)36-13-30)19(33)18(32)15(37-23)10-35-17(31)9-22(25)7-3-2-4-8-22/h5-6,12,15,18-19,28,30,32-33H,1-4,7-11,13,25H2,(H2,24,27,29,34)/t15-,18-,19-,23+/m1/s1. The predicted molar refractivity (Wildman–Crippen MR) is 131 cm³/mol. The number of aromatic amines is 1. The van der Waals surface area contributed by atoms with Gasteiger partial charge in [-0.05, 0) is 31.7 Å². The van der Waals surface area contributed by atoms with E-state index >= 15 is 0 Å². The second kappa shape index (κ2) is 12.4. The van der Waals surface area contributed by atoms with E-state index in [0.29, 0.717) is 6.34 Å². The van der Waals surface area contributed by atoms with E-state index in [2.05, 4.69) is 31.7 Å². The molecule has 1 aliphatic carbocycles. The van der Waals surface area contributed by atoms with E-state index in [1.165, 1.54) is 12.1 Å². The van der Waals surface area contributed by atoms with Crippen molar-refractivity contribution in [2.45, 2.75) is 68.0 Å². The highest BCUT2D eigenvalue weighted by molar-refractivity contribution is 6.07. The normalized spacial score (nSPS) is 27.4. The Hall–Kier alpha value is -3.17. The van der Waals surface area contributed by atoms with Gasteiger partial charge in [-0.2, -0.15) is 0 Å². The minimum Gasteiger partial charge on any atom is -0.463 e. The molecule has 1 aliphatic heterocycles. The number of aromatic nitrogens is 1. The third-order valence-corrected chi connectivity index (χ3v) is 6.65. The van der Waals surface area contributed by atoms with Crippen LogP contribution in [0.4, 0.5) is 4.79 Å². The molecular formula is C23H34N6O8. The van der Waals surface area contributed by atoms with Crippen LogP contribution in [0.25, 0.3) is 0 Å². The van der Waals surface area contributed by atoms with Crippen molar-refractivity contribution in [3.63, 3.8) is 0 Å². The van der Waals surface area contributed by atoms with Crippen molar-refractivity contribution in [2.24, 2.45) is 15.7 Å². The van der Waals surface area contributed by atoms with Gasteiger partial charge in [0.2, 0.25) is 0 Å². The fraction of sp³-hybridized carbons (Fsp3) is 0.609. The van der Waals surface area contributed by atoms with Crippen LogP contribution in [-0.4, -0.2) is 95.1 Å². The van der Waals surface area contributed by atoms with Crippen LogP contribution in [0.5, 0.6) is 0 Å². The Bertz CT molecular complexity index is 1010. The number of H-pyrrole nitrogens is 1. The van der Waals surface area contributed by atoms with Gasteiger partial charge in [-0.1, -0.05) is 19.3 Å². The number of aliphatic hydroxyl groups excluding tert-OH is 3. The Morgan fingerprint density at radius 1 is 1.30 bits per heavy atom. The van der Waals surface area contributed by atoms with Crippen molar-refractivity contribution >= 4 is 31.0 Å². The number of carbonyl (C=O) groups is 2. The van der Waals surface area contributed by atoms with Crippen molar-refractivity contribution in [3.8, 4) is 0 Å². The number of aliphatic hydroxyl groups is 3. The Morgan fingerprint density at radius 2 is 2.03 bits per heavy atom. The molecule has 14 heteroatoms. The van der Waals surface area contributed by atoms with Gasteiger partial charge < -0.3 is 40.2 Å². The summed E-state index contributed by atoms with van der Waals surface area (Å²) < 4.78 is 15.8. The first kappa shape index (κ1) is 28.4. The summed E-state index contributed by atoms with van der Waals surface area (Å²) in [5.74, 6) is -0.622. The summed E-state index contributed by atoms with van der Waals surface area (Å²) in [7, 11) is 0. The molecule has 37 heavy (non-hydrogen) atoms. The molecule has 0 spiro atoms. The molecule has 1 saturated heterocycles. The molecule has 3 rings (SSSR count). The minimum absolute atomic E-state index is 0.0541. The molecule has 0 radical (unpaired) electrons. The number of alkyl carbamates (subject to hydrolysis) is 1. The van der Waals surface area contributed by atoms with E-state index in [1.807, 2.05) is 0 Å². The number of hydrogen-bond donors (Lipinski definition) is 7. The first-order chi connectivity index (χ1) is 17.7. The number of esters is 1. The molecule has 2 fully saturated rings. The van der Waals surface area contributed by atoms with Gasteiger partial charge in [0.15, 0.2) is 18.2 Å². The van der Waals surface area contributed by atoms with Crippen molar-refractivity contribution in [2.75, 3.05) is 19.9 Å². The maximum atomic E-state index is 12.5. The summed E-state index contributed by atoms with van der Waals surface area (Å²) >= 11 is 0. The molecule has 8 N–H and O–H groups in total.